The van der Waals surface area contributed by atoms with Gasteiger partial charge in [0.1, 0.15) is 0 Å². The van der Waals surface area contributed by atoms with Gasteiger partial charge in [-0.3, -0.25) is 0 Å². The van der Waals surface area contributed by atoms with E-state index in [0.717, 1.165) is 11.0 Å². The topological polar surface area (TPSA) is 0 Å². The molecule has 0 saturated carbocycles. The van der Waals surface area contributed by atoms with Gasteiger partial charge < -0.3 is 0 Å². The number of benzene rings is 2. The van der Waals surface area contributed by atoms with Crippen LogP contribution in [0.4, 0.5) is 13.2 Å². The molecule has 0 unspecified atom stereocenters. The fraction of sp³-hybridized carbons (Fsp3) is 0.143. The molecule has 0 atom stereocenters. The maximum absolute atomic E-state index is 12.8. The molecule has 0 heterocycles. The van der Waals surface area contributed by atoms with Crippen LogP contribution in [0.1, 0.15) is 5.56 Å². The van der Waals surface area contributed by atoms with Crippen LogP contribution in [-0.4, -0.2) is 5.08 Å². The SMILES string of the molecule is FC(F)(F)c1ccccc1SCSc1ccccc1. The molecular weight excluding hydrogens is 289 g/mol. The quantitative estimate of drug-likeness (QED) is 0.536. The predicted octanol–water partition coefficient (Wildman–Crippen LogP) is 5.55. The van der Waals surface area contributed by atoms with Crippen molar-refractivity contribution >= 4 is 23.5 Å². The molecule has 0 saturated heterocycles. The van der Waals surface area contributed by atoms with Gasteiger partial charge in [0.25, 0.3) is 0 Å². The van der Waals surface area contributed by atoms with E-state index >= 15 is 0 Å². The molecule has 5 heteroatoms. The Hall–Kier alpha value is -1.07. The highest BCUT2D eigenvalue weighted by Crippen LogP contribution is 2.38. The molecule has 0 fully saturated rings. The Morgan fingerprint density at radius 3 is 2.11 bits per heavy atom. The van der Waals surface area contributed by atoms with Gasteiger partial charge in [-0.2, -0.15) is 13.2 Å². The summed E-state index contributed by atoms with van der Waals surface area (Å²) in [7, 11) is 0. The zero-order valence-corrected chi connectivity index (χ0v) is 11.5. The van der Waals surface area contributed by atoms with Gasteiger partial charge in [0.2, 0.25) is 0 Å². The lowest BCUT2D eigenvalue weighted by Crippen LogP contribution is -2.06. The molecule has 0 bridgehead atoms. The lowest BCUT2D eigenvalue weighted by molar-refractivity contribution is -0.139. The first-order valence-electron chi connectivity index (χ1n) is 5.54. The van der Waals surface area contributed by atoms with Gasteiger partial charge in [0.05, 0.1) is 5.56 Å². The molecule has 0 aromatic heterocycles. The Morgan fingerprint density at radius 2 is 1.42 bits per heavy atom. The minimum Gasteiger partial charge on any atom is -0.166 e. The van der Waals surface area contributed by atoms with Gasteiger partial charge >= 0.3 is 6.18 Å². The summed E-state index contributed by atoms with van der Waals surface area (Å²) in [5.74, 6) is 0. The van der Waals surface area contributed by atoms with Crippen LogP contribution in [0, 0.1) is 0 Å². The third-order valence-electron chi connectivity index (χ3n) is 2.38. The van der Waals surface area contributed by atoms with E-state index in [9.17, 15) is 13.2 Å². The number of thioether (sulfide) groups is 2. The van der Waals surface area contributed by atoms with Crippen molar-refractivity contribution in [1.82, 2.24) is 0 Å². The first-order chi connectivity index (χ1) is 9.07. The minimum absolute atomic E-state index is 0.276. The highest BCUT2D eigenvalue weighted by atomic mass is 32.2. The lowest BCUT2D eigenvalue weighted by Gasteiger charge is -2.11. The second-order valence-electron chi connectivity index (χ2n) is 3.71. The molecule has 0 aliphatic heterocycles. The van der Waals surface area contributed by atoms with Crippen LogP contribution in [0.25, 0.3) is 0 Å². The van der Waals surface area contributed by atoms with Gasteiger partial charge in [-0.25, -0.2) is 0 Å². The van der Waals surface area contributed by atoms with Crippen LogP contribution in [-0.2, 0) is 6.18 Å². The first kappa shape index (κ1) is 14.3. The fourth-order valence-corrected chi connectivity index (χ4v) is 3.66. The molecule has 0 spiro atoms. The van der Waals surface area contributed by atoms with E-state index in [0.29, 0.717) is 5.08 Å². The molecule has 19 heavy (non-hydrogen) atoms. The van der Waals surface area contributed by atoms with Gasteiger partial charge in [0, 0.05) is 14.9 Å². The molecule has 0 radical (unpaired) electrons. The predicted molar refractivity (Wildman–Crippen MR) is 74.5 cm³/mol. The van der Waals surface area contributed by atoms with Gasteiger partial charge in [-0.05, 0) is 24.3 Å². The van der Waals surface area contributed by atoms with Crippen molar-refractivity contribution in [3.8, 4) is 0 Å². The molecule has 2 aromatic carbocycles. The normalized spacial score (nSPS) is 11.5. The van der Waals surface area contributed by atoms with Crippen LogP contribution >= 0.6 is 23.5 Å². The Balaban J connectivity index is 2.00. The van der Waals surface area contributed by atoms with Crippen molar-refractivity contribution in [3.05, 3.63) is 60.2 Å². The maximum atomic E-state index is 12.8. The van der Waals surface area contributed by atoms with Crippen LogP contribution in [0.2, 0.25) is 0 Å². The summed E-state index contributed by atoms with van der Waals surface area (Å²) in [5, 5.41) is 0.553. The summed E-state index contributed by atoms with van der Waals surface area (Å²) >= 11 is 2.74. The van der Waals surface area contributed by atoms with E-state index in [2.05, 4.69) is 0 Å². The number of hydrogen-bond acceptors (Lipinski definition) is 2. The van der Waals surface area contributed by atoms with Crippen LogP contribution in [0.5, 0.6) is 0 Å². The Morgan fingerprint density at radius 1 is 0.789 bits per heavy atom. The van der Waals surface area contributed by atoms with Crippen LogP contribution in [0.3, 0.4) is 0 Å². The number of alkyl halides is 3. The monoisotopic (exact) mass is 300 g/mol. The third kappa shape index (κ3) is 4.21. The molecule has 0 aliphatic rings. The molecule has 2 rings (SSSR count). The van der Waals surface area contributed by atoms with Crippen molar-refractivity contribution in [2.24, 2.45) is 0 Å². The summed E-state index contributed by atoms with van der Waals surface area (Å²) in [6.07, 6.45) is -4.29. The smallest absolute Gasteiger partial charge is 0.166 e. The Kier molecular flexibility index (Phi) is 4.82. The average Bonchev–Trinajstić information content (AvgIpc) is 2.39. The van der Waals surface area contributed by atoms with Gasteiger partial charge in [0.15, 0.2) is 0 Å². The largest absolute Gasteiger partial charge is 0.417 e. The van der Waals surface area contributed by atoms with E-state index in [1.807, 2.05) is 30.3 Å². The van der Waals surface area contributed by atoms with Crippen molar-refractivity contribution in [2.75, 3.05) is 5.08 Å². The third-order valence-corrected chi connectivity index (χ3v) is 4.59. The van der Waals surface area contributed by atoms with E-state index in [1.54, 1.807) is 6.07 Å². The summed E-state index contributed by atoms with van der Waals surface area (Å²) < 4.78 is 38.3. The van der Waals surface area contributed by atoms with E-state index < -0.39 is 11.7 Å². The number of hydrogen-bond donors (Lipinski definition) is 0. The number of rotatable bonds is 4. The van der Waals surface area contributed by atoms with Crippen molar-refractivity contribution in [2.45, 2.75) is 16.0 Å². The Bertz CT molecular complexity index is 524. The standard InChI is InChI=1S/C14H11F3S2/c15-14(16,17)12-8-4-5-9-13(12)19-10-18-11-6-2-1-3-7-11/h1-9H,10H2. The molecule has 2 aromatic rings. The number of halogens is 3. The second-order valence-corrected chi connectivity index (χ2v) is 6.14. The van der Waals surface area contributed by atoms with Crippen LogP contribution in [0.15, 0.2) is 64.4 Å². The highest BCUT2D eigenvalue weighted by molar-refractivity contribution is 8.16. The van der Waals surface area contributed by atoms with E-state index in [4.69, 9.17) is 0 Å². The highest BCUT2D eigenvalue weighted by Gasteiger charge is 2.32. The molecule has 0 aliphatic carbocycles. The fourth-order valence-electron chi connectivity index (χ4n) is 1.50. The van der Waals surface area contributed by atoms with Gasteiger partial charge in [-0.1, -0.05) is 30.3 Å². The zero-order chi connectivity index (χ0) is 13.7. The Labute approximate surface area is 118 Å². The summed E-state index contributed by atoms with van der Waals surface area (Å²) in [5.41, 5.74) is -0.561. The zero-order valence-electron chi connectivity index (χ0n) is 9.85. The van der Waals surface area contributed by atoms with Gasteiger partial charge in [-0.15, -0.1) is 23.5 Å². The molecule has 100 valence electrons. The minimum atomic E-state index is -4.29. The molecule has 0 amide bonds. The molecule has 0 nitrogen and oxygen atoms in total. The first-order valence-corrected chi connectivity index (χ1v) is 7.51. The average molecular weight is 300 g/mol. The summed E-state index contributed by atoms with van der Waals surface area (Å²) in [6.45, 7) is 0. The second kappa shape index (κ2) is 6.39. The molecular formula is C14H11F3S2. The van der Waals surface area contributed by atoms with E-state index in [1.165, 1.54) is 35.7 Å². The summed E-state index contributed by atoms with van der Waals surface area (Å²) in [6, 6.07) is 15.3. The van der Waals surface area contributed by atoms with Crippen LogP contribution < -0.4 is 0 Å². The van der Waals surface area contributed by atoms with Crippen molar-refractivity contribution in [3.63, 3.8) is 0 Å². The maximum Gasteiger partial charge on any atom is 0.417 e. The molecule has 0 N–H and O–H groups in total. The summed E-state index contributed by atoms with van der Waals surface area (Å²) in [4.78, 5) is 1.33. The van der Waals surface area contributed by atoms with E-state index in [-0.39, 0.29) is 4.90 Å². The lowest BCUT2D eigenvalue weighted by atomic mass is 10.2. The van der Waals surface area contributed by atoms with Crippen molar-refractivity contribution < 1.29 is 13.2 Å². The van der Waals surface area contributed by atoms with Crippen molar-refractivity contribution in [1.29, 1.82) is 0 Å².